The normalized spacial score (nSPS) is 15.4. The lowest BCUT2D eigenvalue weighted by atomic mass is 9.97. The van der Waals surface area contributed by atoms with Crippen molar-refractivity contribution in [3.63, 3.8) is 0 Å². The predicted octanol–water partition coefficient (Wildman–Crippen LogP) is 4.06. The van der Waals surface area contributed by atoms with Crippen molar-refractivity contribution >= 4 is 0 Å². The number of hydrogen-bond donors (Lipinski definition) is 1. The van der Waals surface area contributed by atoms with Gasteiger partial charge in [0, 0.05) is 0 Å². The molecule has 0 unspecified atom stereocenters. The second-order valence-corrected chi connectivity index (χ2v) is 5.49. The number of hydrogen-bond acceptors (Lipinski definition) is 1. The Morgan fingerprint density at radius 1 is 0.632 bits per heavy atom. The maximum Gasteiger partial charge on any atom is 0.119 e. The zero-order valence-electron chi connectivity index (χ0n) is 11.2. The molecule has 0 saturated heterocycles. The Bertz CT molecular complexity index is 554. The molecule has 0 spiro atoms. The first-order valence-corrected chi connectivity index (χ1v) is 7.20. The highest BCUT2D eigenvalue weighted by molar-refractivity contribution is 5.37. The molecule has 4 aliphatic rings. The van der Waals surface area contributed by atoms with Crippen molar-refractivity contribution in [2.75, 3.05) is 0 Å². The van der Waals surface area contributed by atoms with Crippen LogP contribution in [0.4, 0.5) is 0 Å². The fourth-order valence-corrected chi connectivity index (χ4v) is 2.83. The fraction of sp³-hybridized carbons (Fsp3) is 0.333. The summed E-state index contributed by atoms with van der Waals surface area (Å²) in [6, 6.07) is 15.2. The average molecular weight is 252 g/mol. The molecule has 98 valence electrons. The second-order valence-electron chi connectivity index (χ2n) is 5.49. The Labute approximate surface area is 114 Å². The van der Waals surface area contributed by atoms with Crippen LogP contribution in [0.3, 0.4) is 0 Å². The van der Waals surface area contributed by atoms with Crippen molar-refractivity contribution in [2.45, 2.75) is 38.5 Å². The quantitative estimate of drug-likeness (QED) is 0.749. The number of phenolic OH excluding ortho intramolecular Hbond substituents is 1. The van der Waals surface area contributed by atoms with E-state index in [1.807, 2.05) is 6.07 Å². The molecule has 0 saturated carbocycles. The zero-order chi connectivity index (χ0) is 13.1. The molecule has 0 heterocycles. The minimum Gasteiger partial charge on any atom is -0.508 e. The molecule has 2 aromatic rings. The van der Waals surface area contributed by atoms with E-state index in [4.69, 9.17) is 0 Å². The van der Waals surface area contributed by atoms with Gasteiger partial charge in [-0.1, -0.05) is 36.4 Å². The summed E-state index contributed by atoms with van der Waals surface area (Å²) in [5, 5.41) is 10.1. The lowest BCUT2D eigenvalue weighted by Crippen LogP contribution is -1.96. The lowest BCUT2D eigenvalue weighted by Gasteiger charge is -2.10. The summed E-state index contributed by atoms with van der Waals surface area (Å²) < 4.78 is 0. The van der Waals surface area contributed by atoms with Gasteiger partial charge in [0.1, 0.15) is 5.75 Å². The molecule has 4 bridgehead atoms. The van der Waals surface area contributed by atoms with Crippen molar-refractivity contribution in [3.8, 4) is 5.75 Å². The van der Waals surface area contributed by atoms with Crippen LogP contribution in [0.5, 0.6) is 5.75 Å². The van der Waals surface area contributed by atoms with Gasteiger partial charge in [-0.15, -0.1) is 0 Å². The van der Waals surface area contributed by atoms with E-state index in [1.54, 1.807) is 0 Å². The topological polar surface area (TPSA) is 20.2 Å². The Kier molecular flexibility index (Phi) is 3.54. The highest BCUT2D eigenvalue weighted by atomic mass is 16.3. The number of phenols is 1. The maximum absolute atomic E-state index is 10.1. The van der Waals surface area contributed by atoms with Gasteiger partial charge in [-0.2, -0.15) is 0 Å². The van der Waals surface area contributed by atoms with Crippen LogP contribution in [-0.4, -0.2) is 5.11 Å². The van der Waals surface area contributed by atoms with Crippen LogP contribution in [0, 0.1) is 0 Å². The van der Waals surface area contributed by atoms with Gasteiger partial charge in [0.05, 0.1) is 0 Å². The summed E-state index contributed by atoms with van der Waals surface area (Å²) >= 11 is 0. The lowest BCUT2D eigenvalue weighted by molar-refractivity contribution is 0.466. The zero-order valence-corrected chi connectivity index (χ0v) is 11.2. The molecule has 1 heteroatoms. The summed E-state index contributed by atoms with van der Waals surface area (Å²) in [6.45, 7) is 0. The van der Waals surface area contributed by atoms with Crippen LogP contribution in [0.1, 0.15) is 35.1 Å². The number of aryl methyl sites for hydroxylation is 4. The van der Waals surface area contributed by atoms with E-state index in [0.717, 1.165) is 44.1 Å². The van der Waals surface area contributed by atoms with Gasteiger partial charge in [0.25, 0.3) is 0 Å². The van der Waals surface area contributed by atoms with Crippen molar-refractivity contribution in [1.82, 2.24) is 0 Å². The van der Waals surface area contributed by atoms with Gasteiger partial charge in [0.15, 0.2) is 0 Å². The van der Waals surface area contributed by atoms with Crippen molar-refractivity contribution in [2.24, 2.45) is 0 Å². The molecular formula is C18H20O. The molecular weight excluding hydrogens is 232 g/mol. The van der Waals surface area contributed by atoms with Crippen molar-refractivity contribution < 1.29 is 5.11 Å². The summed E-state index contributed by atoms with van der Waals surface area (Å²) in [6.07, 6.45) is 6.41. The third-order valence-corrected chi connectivity index (χ3v) is 4.02. The van der Waals surface area contributed by atoms with Gasteiger partial charge in [-0.25, -0.2) is 0 Å². The predicted molar refractivity (Wildman–Crippen MR) is 78.6 cm³/mol. The molecule has 1 N–H and O–H groups in total. The first-order chi connectivity index (χ1) is 9.31. The molecule has 0 aliphatic heterocycles. The third-order valence-electron chi connectivity index (χ3n) is 4.02. The van der Waals surface area contributed by atoms with E-state index in [0.29, 0.717) is 5.75 Å². The average Bonchev–Trinajstić information content (AvgIpc) is 2.43. The van der Waals surface area contributed by atoms with Gasteiger partial charge in [0.2, 0.25) is 0 Å². The van der Waals surface area contributed by atoms with E-state index in [9.17, 15) is 5.11 Å². The number of aromatic hydroxyl groups is 1. The monoisotopic (exact) mass is 252 g/mol. The Hall–Kier alpha value is -1.76. The van der Waals surface area contributed by atoms with E-state index in [-0.39, 0.29) is 0 Å². The molecule has 6 rings (SSSR count). The summed E-state index contributed by atoms with van der Waals surface area (Å²) in [4.78, 5) is 0. The molecule has 1 nitrogen and oxygen atoms in total. The molecule has 0 fully saturated rings. The Morgan fingerprint density at radius 2 is 1.16 bits per heavy atom. The molecule has 4 aliphatic carbocycles. The fourth-order valence-electron chi connectivity index (χ4n) is 2.83. The number of rotatable bonds is 0. The summed E-state index contributed by atoms with van der Waals surface area (Å²) in [7, 11) is 0. The highest BCUT2D eigenvalue weighted by Gasteiger charge is 2.05. The van der Waals surface area contributed by atoms with Gasteiger partial charge >= 0.3 is 0 Å². The van der Waals surface area contributed by atoms with Crippen LogP contribution in [-0.2, 0) is 25.7 Å². The highest BCUT2D eigenvalue weighted by Crippen LogP contribution is 2.23. The van der Waals surface area contributed by atoms with Crippen LogP contribution < -0.4 is 0 Å². The Morgan fingerprint density at radius 3 is 1.79 bits per heavy atom. The van der Waals surface area contributed by atoms with E-state index < -0.39 is 0 Å². The molecule has 0 amide bonds. The van der Waals surface area contributed by atoms with E-state index >= 15 is 0 Å². The van der Waals surface area contributed by atoms with E-state index in [2.05, 4.69) is 36.4 Å². The Balaban J connectivity index is 1.86. The molecule has 2 aromatic carbocycles. The smallest absolute Gasteiger partial charge is 0.119 e. The van der Waals surface area contributed by atoms with Gasteiger partial charge < -0.3 is 5.11 Å². The van der Waals surface area contributed by atoms with Crippen LogP contribution in [0.2, 0.25) is 0 Å². The largest absolute Gasteiger partial charge is 0.508 e. The van der Waals surface area contributed by atoms with Crippen LogP contribution in [0.15, 0.2) is 42.5 Å². The third kappa shape index (κ3) is 2.98. The van der Waals surface area contributed by atoms with Crippen molar-refractivity contribution in [3.05, 3.63) is 64.7 Å². The number of benzene rings is 2. The van der Waals surface area contributed by atoms with Gasteiger partial charge in [-0.3, -0.25) is 0 Å². The van der Waals surface area contributed by atoms with Crippen LogP contribution in [0.25, 0.3) is 0 Å². The van der Waals surface area contributed by atoms with Crippen molar-refractivity contribution in [1.29, 1.82) is 0 Å². The van der Waals surface area contributed by atoms with Crippen LogP contribution >= 0.6 is 0 Å². The standard InChI is InChI=1S/C18H20O/c19-18-13-16-5-1-3-14-7-9-15(10-8-14)4-2-6-17(18)12-11-16/h7-13,19H,1-6H2. The van der Waals surface area contributed by atoms with Gasteiger partial charge in [-0.05, 0) is 66.8 Å². The second kappa shape index (κ2) is 5.48. The minimum absolute atomic E-state index is 0.475. The maximum atomic E-state index is 10.1. The molecule has 0 atom stereocenters. The van der Waals surface area contributed by atoms with E-state index in [1.165, 1.54) is 16.7 Å². The summed E-state index contributed by atoms with van der Waals surface area (Å²) in [5.74, 6) is 0.475. The first kappa shape index (κ1) is 12.3. The SMILES string of the molecule is Oc1cc2ccc1CCCc1ccc(cc1)CCC2. The molecule has 0 aromatic heterocycles. The minimum atomic E-state index is 0.475. The first-order valence-electron chi connectivity index (χ1n) is 7.20. The summed E-state index contributed by atoms with van der Waals surface area (Å²) in [5.41, 5.74) is 5.14. The molecule has 0 radical (unpaired) electrons. The molecule has 19 heavy (non-hydrogen) atoms.